The van der Waals surface area contributed by atoms with Gasteiger partial charge in [0.15, 0.2) is 0 Å². The molecule has 0 spiro atoms. The van der Waals surface area contributed by atoms with Gasteiger partial charge in [-0.05, 0) is 49.1 Å². The molecule has 3 atom stereocenters. The molecule has 6 nitrogen and oxygen atoms in total. The molecular weight excluding hydrogens is 402 g/mol. The molecule has 2 amide bonds. The van der Waals surface area contributed by atoms with Crippen molar-refractivity contribution in [2.24, 2.45) is 23.7 Å². The van der Waals surface area contributed by atoms with Crippen molar-refractivity contribution in [1.82, 2.24) is 15.5 Å². The van der Waals surface area contributed by atoms with Crippen LogP contribution in [0.1, 0.15) is 44.0 Å². The fourth-order valence-electron chi connectivity index (χ4n) is 4.88. The Morgan fingerprint density at radius 3 is 2.53 bits per heavy atom. The minimum atomic E-state index is -0.0269. The molecule has 1 heterocycles. The average molecular weight is 442 g/mol. The molecule has 32 heavy (non-hydrogen) atoms. The summed E-state index contributed by atoms with van der Waals surface area (Å²) in [5, 5.41) is 6.22. The minimum Gasteiger partial charge on any atom is -0.379 e. The number of carbonyl (C=O) groups excluding carboxylic acids is 2. The van der Waals surface area contributed by atoms with Gasteiger partial charge < -0.3 is 15.4 Å². The third kappa shape index (κ3) is 7.17. The number of benzene rings is 1. The van der Waals surface area contributed by atoms with Crippen molar-refractivity contribution in [1.29, 1.82) is 0 Å². The quantitative estimate of drug-likeness (QED) is 0.578. The number of rotatable bonds is 9. The first-order valence-electron chi connectivity index (χ1n) is 12.0. The van der Waals surface area contributed by atoms with Gasteiger partial charge in [-0.3, -0.25) is 14.5 Å². The standard InChI is InChI=1S/C26H39N3O3/c1-19(2)24-16-22(17-25(30)27-9-10-29-11-13-32-14-12-29)20(3)15-23(24)18-28-26(31)21-7-5-4-6-8-21/h4-8,15,19,22-24H,9-14,16-18H2,1-3H3,(H,27,30)(H,28,31). The number of morpholine rings is 1. The van der Waals surface area contributed by atoms with Gasteiger partial charge >= 0.3 is 0 Å². The molecule has 3 unspecified atom stereocenters. The molecule has 1 fully saturated rings. The zero-order valence-electron chi connectivity index (χ0n) is 19.8. The number of ether oxygens (including phenoxy) is 1. The predicted octanol–water partition coefficient (Wildman–Crippen LogP) is 3.11. The Bertz CT molecular complexity index is 772. The molecule has 1 aromatic rings. The number of nitrogens with one attached hydrogen (secondary N) is 2. The summed E-state index contributed by atoms with van der Waals surface area (Å²) in [7, 11) is 0. The van der Waals surface area contributed by atoms with Gasteiger partial charge in [-0.2, -0.15) is 0 Å². The van der Waals surface area contributed by atoms with Crippen LogP contribution in [0.15, 0.2) is 42.0 Å². The molecule has 0 radical (unpaired) electrons. The van der Waals surface area contributed by atoms with Crippen LogP contribution in [0, 0.1) is 23.7 Å². The Kier molecular flexibility index (Phi) is 9.30. The number of amides is 2. The Balaban J connectivity index is 1.50. The highest BCUT2D eigenvalue weighted by molar-refractivity contribution is 5.94. The van der Waals surface area contributed by atoms with E-state index in [1.54, 1.807) is 0 Å². The van der Waals surface area contributed by atoms with Gasteiger partial charge in [0.05, 0.1) is 13.2 Å². The van der Waals surface area contributed by atoms with Crippen LogP contribution >= 0.6 is 0 Å². The van der Waals surface area contributed by atoms with E-state index in [0.29, 0.717) is 42.8 Å². The Morgan fingerprint density at radius 2 is 1.84 bits per heavy atom. The maximum Gasteiger partial charge on any atom is 0.251 e. The summed E-state index contributed by atoms with van der Waals surface area (Å²) in [6.45, 7) is 12.3. The third-order valence-electron chi connectivity index (χ3n) is 6.90. The van der Waals surface area contributed by atoms with Crippen molar-refractivity contribution in [2.45, 2.75) is 33.6 Å². The molecule has 2 N–H and O–H groups in total. The van der Waals surface area contributed by atoms with E-state index in [9.17, 15) is 9.59 Å². The molecule has 2 aliphatic rings. The van der Waals surface area contributed by atoms with Gasteiger partial charge in [0, 0.05) is 44.7 Å². The van der Waals surface area contributed by atoms with Crippen LogP contribution in [0.2, 0.25) is 0 Å². The first-order valence-corrected chi connectivity index (χ1v) is 12.0. The van der Waals surface area contributed by atoms with Crippen LogP contribution in [-0.4, -0.2) is 62.7 Å². The second-order valence-electron chi connectivity index (χ2n) is 9.50. The maximum absolute atomic E-state index is 12.6. The topological polar surface area (TPSA) is 70.7 Å². The van der Waals surface area contributed by atoms with Gasteiger partial charge in [-0.1, -0.05) is 43.7 Å². The predicted molar refractivity (Wildman–Crippen MR) is 127 cm³/mol. The number of allylic oxidation sites excluding steroid dienone is 1. The van der Waals surface area contributed by atoms with E-state index >= 15 is 0 Å². The summed E-state index contributed by atoms with van der Waals surface area (Å²) in [5.41, 5.74) is 1.96. The maximum atomic E-state index is 12.6. The second kappa shape index (κ2) is 12.2. The van der Waals surface area contributed by atoms with Gasteiger partial charge in [0.2, 0.25) is 5.91 Å². The molecule has 1 saturated heterocycles. The Morgan fingerprint density at radius 1 is 1.12 bits per heavy atom. The Labute approximate surface area is 192 Å². The highest BCUT2D eigenvalue weighted by Gasteiger charge is 2.32. The van der Waals surface area contributed by atoms with E-state index < -0.39 is 0 Å². The lowest BCUT2D eigenvalue weighted by atomic mass is 9.69. The summed E-state index contributed by atoms with van der Waals surface area (Å²) in [6.07, 6.45) is 3.83. The highest BCUT2D eigenvalue weighted by Crippen LogP contribution is 2.38. The lowest BCUT2D eigenvalue weighted by Crippen LogP contribution is -2.42. The Hall–Kier alpha value is -2.18. The highest BCUT2D eigenvalue weighted by atomic mass is 16.5. The lowest BCUT2D eigenvalue weighted by molar-refractivity contribution is -0.122. The molecule has 0 saturated carbocycles. The number of hydrogen-bond acceptors (Lipinski definition) is 4. The largest absolute Gasteiger partial charge is 0.379 e. The van der Waals surface area contributed by atoms with Gasteiger partial charge in [-0.15, -0.1) is 0 Å². The molecule has 176 valence electrons. The van der Waals surface area contributed by atoms with Crippen LogP contribution in [0.3, 0.4) is 0 Å². The van der Waals surface area contributed by atoms with E-state index in [1.165, 1.54) is 5.57 Å². The van der Waals surface area contributed by atoms with Crippen molar-refractivity contribution in [3.63, 3.8) is 0 Å². The number of carbonyl (C=O) groups is 2. The summed E-state index contributed by atoms with van der Waals surface area (Å²) in [5.74, 6) is 1.61. The van der Waals surface area contributed by atoms with Crippen LogP contribution in [0.25, 0.3) is 0 Å². The van der Waals surface area contributed by atoms with E-state index in [4.69, 9.17) is 4.74 Å². The van der Waals surface area contributed by atoms with Crippen molar-refractivity contribution in [3.05, 3.63) is 47.5 Å². The van der Waals surface area contributed by atoms with E-state index in [-0.39, 0.29) is 17.7 Å². The molecule has 3 rings (SSSR count). The van der Waals surface area contributed by atoms with Crippen molar-refractivity contribution < 1.29 is 14.3 Å². The van der Waals surface area contributed by atoms with E-state index in [2.05, 4.69) is 42.4 Å². The molecule has 0 aromatic heterocycles. The van der Waals surface area contributed by atoms with Crippen LogP contribution in [-0.2, 0) is 9.53 Å². The van der Waals surface area contributed by atoms with E-state index in [1.807, 2.05) is 30.3 Å². The monoisotopic (exact) mass is 441 g/mol. The molecule has 6 heteroatoms. The van der Waals surface area contributed by atoms with Crippen molar-refractivity contribution in [3.8, 4) is 0 Å². The summed E-state index contributed by atoms with van der Waals surface area (Å²) < 4.78 is 5.37. The van der Waals surface area contributed by atoms with Gasteiger partial charge in [0.25, 0.3) is 5.91 Å². The molecule has 1 aromatic carbocycles. The third-order valence-corrected chi connectivity index (χ3v) is 6.90. The normalized spacial score (nSPS) is 24.1. The minimum absolute atomic E-state index is 0.0269. The molecular formula is C26H39N3O3. The van der Waals surface area contributed by atoms with Gasteiger partial charge in [0.1, 0.15) is 0 Å². The van der Waals surface area contributed by atoms with Gasteiger partial charge in [-0.25, -0.2) is 0 Å². The summed E-state index contributed by atoms with van der Waals surface area (Å²) in [6, 6.07) is 9.35. The second-order valence-corrected chi connectivity index (χ2v) is 9.50. The lowest BCUT2D eigenvalue weighted by Gasteiger charge is -2.37. The SMILES string of the molecule is CC1=CC(CNC(=O)c2ccccc2)C(C(C)C)CC1CC(=O)NCCN1CCOCC1. The van der Waals surface area contributed by atoms with E-state index in [0.717, 1.165) is 39.3 Å². The van der Waals surface area contributed by atoms with Crippen LogP contribution in [0.4, 0.5) is 0 Å². The number of nitrogens with zero attached hydrogens (tertiary/aromatic N) is 1. The first kappa shape index (κ1) is 24.5. The van der Waals surface area contributed by atoms with Crippen LogP contribution in [0.5, 0.6) is 0 Å². The van der Waals surface area contributed by atoms with Crippen LogP contribution < -0.4 is 10.6 Å². The zero-order chi connectivity index (χ0) is 22.9. The van der Waals surface area contributed by atoms with Crippen molar-refractivity contribution in [2.75, 3.05) is 45.9 Å². The first-order chi connectivity index (χ1) is 15.4. The smallest absolute Gasteiger partial charge is 0.251 e. The average Bonchev–Trinajstić information content (AvgIpc) is 2.80. The summed E-state index contributed by atoms with van der Waals surface area (Å²) >= 11 is 0. The van der Waals surface area contributed by atoms with Crippen molar-refractivity contribution >= 4 is 11.8 Å². The fraction of sp³-hybridized carbons (Fsp3) is 0.615. The summed E-state index contributed by atoms with van der Waals surface area (Å²) in [4.78, 5) is 27.4. The molecule has 0 bridgehead atoms. The molecule has 1 aliphatic heterocycles. The number of hydrogen-bond donors (Lipinski definition) is 2. The molecule has 1 aliphatic carbocycles. The zero-order valence-corrected chi connectivity index (χ0v) is 19.8. The fourth-order valence-corrected chi connectivity index (χ4v) is 4.88.